The zero-order chi connectivity index (χ0) is 15.4. The van der Waals surface area contributed by atoms with Crippen LogP contribution in [0.2, 0.25) is 0 Å². The molecule has 1 saturated heterocycles. The van der Waals surface area contributed by atoms with Crippen LogP contribution in [0.1, 0.15) is 24.5 Å². The second-order valence-electron chi connectivity index (χ2n) is 5.32. The van der Waals surface area contributed by atoms with E-state index in [0.717, 1.165) is 31.6 Å². The minimum Gasteiger partial charge on any atom is -0.371 e. The number of nitrogens with one attached hydrogen (secondary N) is 1. The zero-order valence-electron chi connectivity index (χ0n) is 12.2. The number of aromatic nitrogens is 2. The Balaban J connectivity index is 1.68. The molecule has 1 fully saturated rings. The fourth-order valence-electron chi connectivity index (χ4n) is 2.71. The fraction of sp³-hybridized carbons (Fsp3) is 0.400. The lowest BCUT2D eigenvalue weighted by atomic mass is 9.95. The highest BCUT2D eigenvalue weighted by Crippen LogP contribution is 2.31. The lowest BCUT2D eigenvalue weighted by Crippen LogP contribution is -2.34. The van der Waals surface area contributed by atoms with Crippen molar-refractivity contribution in [3.8, 4) is 0 Å². The first kappa shape index (κ1) is 14.9. The van der Waals surface area contributed by atoms with E-state index in [1.165, 1.54) is 17.0 Å². The number of carbonyl (C=O) groups is 1. The molecule has 2 aromatic rings. The van der Waals surface area contributed by atoms with Crippen LogP contribution in [0.3, 0.4) is 0 Å². The lowest BCUT2D eigenvalue weighted by molar-refractivity contribution is -0.114. The molecule has 0 aliphatic carbocycles. The minimum absolute atomic E-state index is 0.0197. The van der Waals surface area contributed by atoms with Crippen LogP contribution in [0.25, 0.3) is 0 Å². The highest BCUT2D eigenvalue weighted by atomic mass is 32.1. The van der Waals surface area contributed by atoms with E-state index in [-0.39, 0.29) is 12.5 Å². The third kappa shape index (κ3) is 3.42. The van der Waals surface area contributed by atoms with Gasteiger partial charge in [0.15, 0.2) is 5.13 Å². The molecule has 1 atom stereocenters. The van der Waals surface area contributed by atoms with Crippen molar-refractivity contribution in [3.05, 3.63) is 35.6 Å². The summed E-state index contributed by atoms with van der Waals surface area (Å²) >= 11 is 1.46. The zero-order valence-corrected chi connectivity index (χ0v) is 13.1. The summed E-state index contributed by atoms with van der Waals surface area (Å²) in [4.78, 5) is 22.3. The topological polar surface area (TPSA) is 84.1 Å². The number of pyridine rings is 1. The molecule has 6 nitrogen and oxygen atoms in total. The first-order valence-electron chi connectivity index (χ1n) is 7.36. The minimum atomic E-state index is -0.206. The highest BCUT2D eigenvalue weighted by molar-refractivity contribution is 7.13. The van der Waals surface area contributed by atoms with Gasteiger partial charge in [-0.1, -0.05) is 0 Å². The maximum absolute atomic E-state index is 11.3. The largest absolute Gasteiger partial charge is 0.371 e. The first-order valence-corrected chi connectivity index (χ1v) is 8.24. The summed E-state index contributed by atoms with van der Waals surface area (Å²) in [6, 6.07) is 4.08. The van der Waals surface area contributed by atoms with Gasteiger partial charge >= 0.3 is 0 Å². The van der Waals surface area contributed by atoms with E-state index in [2.05, 4.69) is 20.2 Å². The highest BCUT2D eigenvalue weighted by Gasteiger charge is 2.23. The molecular formula is C15H19N5OS. The van der Waals surface area contributed by atoms with Crippen LogP contribution >= 0.6 is 11.3 Å². The van der Waals surface area contributed by atoms with Gasteiger partial charge in [-0.05, 0) is 25.0 Å². The molecule has 3 rings (SSSR count). The predicted octanol–water partition coefficient (Wildman–Crippen LogP) is 1.82. The molecule has 116 valence electrons. The number of nitrogens with zero attached hydrogens (tertiary/aromatic N) is 3. The first-order chi connectivity index (χ1) is 10.8. The maximum Gasteiger partial charge on any atom is 0.239 e. The number of rotatable bonds is 4. The van der Waals surface area contributed by atoms with E-state index < -0.39 is 0 Å². The van der Waals surface area contributed by atoms with Gasteiger partial charge in [0.25, 0.3) is 0 Å². The standard InChI is InChI=1S/C15H19N5OS/c16-8-14(21)19-15-18-13(10-22-15)11-2-1-7-20(9-11)12-3-5-17-6-4-12/h3-6,10-11H,1-2,7-9,16H2,(H,18,19,21). The molecule has 0 bridgehead atoms. The monoisotopic (exact) mass is 317 g/mol. The van der Waals surface area contributed by atoms with Crippen LogP contribution in [-0.2, 0) is 4.79 Å². The summed E-state index contributed by atoms with van der Waals surface area (Å²) in [5, 5.41) is 5.38. The van der Waals surface area contributed by atoms with Crippen LogP contribution < -0.4 is 16.0 Å². The van der Waals surface area contributed by atoms with Crippen LogP contribution in [0.15, 0.2) is 29.9 Å². The normalized spacial score (nSPS) is 18.2. The molecule has 2 aromatic heterocycles. The van der Waals surface area contributed by atoms with E-state index in [9.17, 15) is 4.79 Å². The summed E-state index contributed by atoms with van der Waals surface area (Å²) in [7, 11) is 0. The molecule has 22 heavy (non-hydrogen) atoms. The Morgan fingerprint density at radius 2 is 2.27 bits per heavy atom. The van der Waals surface area contributed by atoms with E-state index in [4.69, 9.17) is 5.73 Å². The second-order valence-corrected chi connectivity index (χ2v) is 6.18. The van der Waals surface area contributed by atoms with Crippen molar-refractivity contribution in [2.24, 2.45) is 5.73 Å². The predicted molar refractivity (Wildman–Crippen MR) is 88.2 cm³/mol. The Morgan fingerprint density at radius 1 is 1.45 bits per heavy atom. The molecule has 0 aromatic carbocycles. The van der Waals surface area contributed by atoms with E-state index in [0.29, 0.717) is 11.0 Å². The van der Waals surface area contributed by atoms with Crippen LogP contribution in [-0.4, -0.2) is 35.5 Å². The van der Waals surface area contributed by atoms with Crippen molar-refractivity contribution in [1.29, 1.82) is 0 Å². The molecule has 0 saturated carbocycles. The smallest absolute Gasteiger partial charge is 0.239 e. The van der Waals surface area contributed by atoms with Gasteiger partial charge in [0.2, 0.25) is 5.91 Å². The van der Waals surface area contributed by atoms with E-state index >= 15 is 0 Å². The summed E-state index contributed by atoms with van der Waals surface area (Å²) in [5.74, 6) is 0.185. The molecule has 1 unspecified atom stereocenters. The Labute approximate surface area is 133 Å². The van der Waals surface area contributed by atoms with Crippen molar-refractivity contribution >= 4 is 28.1 Å². The second kappa shape index (κ2) is 6.85. The number of hydrogen-bond acceptors (Lipinski definition) is 6. The number of piperidine rings is 1. The molecule has 7 heteroatoms. The van der Waals surface area contributed by atoms with Gasteiger partial charge in [0.1, 0.15) is 0 Å². The van der Waals surface area contributed by atoms with Crippen molar-refractivity contribution < 1.29 is 4.79 Å². The van der Waals surface area contributed by atoms with Crippen molar-refractivity contribution in [1.82, 2.24) is 9.97 Å². The third-order valence-corrected chi connectivity index (χ3v) is 4.60. The van der Waals surface area contributed by atoms with Crippen molar-refractivity contribution in [3.63, 3.8) is 0 Å². The number of amides is 1. The molecule has 1 aliphatic heterocycles. The molecule has 3 heterocycles. The number of anilines is 2. The van der Waals surface area contributed by atoms with Gasteiger partial charge in [-0.25, -0.2) is 4.98 Å². The summed E-state index contributed by atoms with van der Waals surface area (Å²) in [6.45, 7) is 1.98. The molecule has 0 spiro atoms. The Morgan fingerprint density at radius 3 is 3.05 bits per heavy atom. The fourth-order valence-corrected chi connectivity index (χ4v) is 3.52. The summed E-state index contributed by atoms with van der Waals surface area (Å²) in [5.41, 5.74) is 7.56. The van der Waals surface area contributed by atoms with Crippen molar-refractivity contribution in [2.75, 3.05) is 29.9 Å². The van der Waals surface area contributed by atoms with Crippen molar-refractivity contribution in [2.45, 2.75) is 18.8 Å². The quantitative estimate of drug-likeness (QED) is 0.898. The Hall–Kier alpha value is -1.99. The summed E-state index contributed by atoms with van der Waals surface area (Å²) < 4.78 is 0. The third-order valence-electron chi connectivity index (χ3n) is 3.82. The van der Waals surface area contributed by atoms with Gasteiger partial charge in [-0.2, -0.15) is 0 Å². The Bertz CT molecular complexity index is 630. The number of carbonyl (C=O) groups excluding carboxylic acids is 1. The molecule has 1 amide bonds. The van der Waals surface area contributed by atoms with Crippen LogP contribution in [0.4, 0.5) is 10.8 Å². The van der Waals surface area contributed by atoms with Gasteiger partial charge in [-0.15, -0.1) is 11.3 Å². The number of nitrogens with two attached hydrogens (primary N) is 1. The number of hydrogen-bond donors (Lipinski definition) is 2. The molecule has 1 aliphatic rings. The maximum atomic E-state index is 11.3. The lowest BCUT2D eigenvalue weighted by Gasteiger charge is -2.33. The average molecular weight is 317 g/mol. The molecule has 3 N–H and O–H groups in total. The molecular weight excluding hydrogens is 298 g/mol. The van der Waals surface area contributed by atoms with Gasteiger partial charge in [0, 0.05) is 42.5 Å². The Kier molecular flexibility index (Phi) is 4.65. The number of thiazole rings is 1. The average Bonchev–Trinajstić information content (AvgIpc) is 3.04. The van der Waals surface area contributed by atoms with Gasteiger partial charge < -0.3 is 16.0 Å². The van der Waals surface area contributed by atoms with E-state index in [1.54, 1.807) is 0 Å². The van der Waals surface area contributed by atoms with Crippen LogP contribution in [0, 0.1) is 0 Å². The summed E-state index contributed by atoms with van der Waals surface area (Å²) in [6.07, 6.45) is 5.90. The van der Waals surface area contributed by atoms with Gasteiger partial charge in [-0.3, -0.25) is 9.78 Å². The van der Waals surface area contributed by atoms with E-state index in [1.807, 2.05) is 29.9 Å². The molecule has 0 radical (unpaired) electrons. The SMILES string of the molecule is NCC(=O)Nc1nc(C2CCCN(c3ccncc3)C2)cs1. The van der Waals surface area contributed by atoms with Gasteiger partial charge in [0.05, 0.1) is 12.2 Å². The van der Waals surface area contributed by atoms with Crippen LogP contribution in [0.5, 0.6) is 0 Å².